The van der Waals surface area contributed by atoms with Crippen molar-refractivity contribution in [2.75, 3.05) is 32.9 Å². The molecule has 2 rings (SSSR count). The Labute approximate surface area is 119 Å². The number of aryl methyl sites for hydroxylation is 1. The van der Waals surface area contributed by atoms with Crippen LogP contribution in [0.4, 0.5) is 5.69 Å². The standard InChI is InChI=1S/C14H22N4O2/c1-9-4-13(15)12(6-16-9)14(20)18-8-11(19)5-10(18)7-17(2)3/h4,6,10-11,19H,5,7-8H2,1-3H3,(H2,15,16). The van der Waals surface area contributed by atoms with E-state index in [0.29, 0.717) is 24.2 Å². The molecule has 0 radical (unpaired) electrons. The third-order valence-corrected chi connectivity index (χ3v) is 3.53. The van der Waals surface area contributed by atoms with E-state index in [4.69, 9.17) is 5.73 Å². The van der Waals surface area contributed by atoms with E-state index in [2.05, 4.69) is 4.98 Å². The fraction of sp³-hybridized carbons (Fsp3) is 0.571. The number of hydrogen-bond acceptors (Lipinski definition) is 5. The van der Waals surface area contributed by atoms with Crippen LogP contribution in [0, 0.1) is 6.92 Å². The number of aliphatic hydroxyl groups excluding tert-OH is 1. The van der Waals surface area contributed by atoms with Crippen LogP contribution in [0.15, 0.2) is 12.3 Å². The van der Waals surface area contributed by atoms with Crippen molar-refractivity contribution >= 4 is 11.6 Å². The van der Waals surface area contributed by atoms with E-state index in [1.807, 2.05) is 25.9 Å². The van der Waals surface area contributed by atoms with E-state index in [1.54, 1.807) is 11.0 Å². The van der Waals surface area contributed by atoms with Gasteiger partial charge in [-0.15, -0.1) is 0 Å². The van der Waals surface area contributed by atoms with Gasteiger partial charge in [-0.3, -0.25) is 9.78 Å². The lowest BCUT2D eigenvalue weighted by Gasteiger charge is -2.27. The Kier molecular flexibility index (Phi) is 4.25. The fourth-order valence-corrected chi connectivity index (χ4v) is 2.65. The quantitative estimate of drug-likeness (QED) is 0.820. The lowest BCUT2D eigenvalue weighted by molar-refractivity contribution is 0.0700. The first kappa shape index (κ1) is 14.7. The molecule has 2 unspecified atom stereocenters. The maximum atomic E-state index is 12.6. The second-order valence-corrected chi connectivity index (χ2v) is 5.68. The molecule has 1 amide bonds. The number of carbonyl (C=O) groups excluding carboxylic acids is 1. The van der Waals surface area contributed by atoms with Gasteiger partial charge in [0.2, 0.25) is 0 Å². The summed E-state index contributed by atoms with van der Waals surface area (Å²) in [4.78, 5) is 20.4. The van der Waals surface area contributed by atoms with E-state index < -0.39 is 6.10 Å². The Hall–Kier alpha value is -1.66. The van der Waals surface area contributed by atoms with Crippen LogP contribution >= 0.6 is 0 Å². The van der Waals surface area contributed by atoms with Gasteiger partial charge in [-0.1, -0.05) is 0 Å². The minimum atomic E-state index is -0.469. The van der Waals surface area contributed by atoms with E-state index >= 15 is 0 Å². The van der Waals surface area contributed by atoms with Crippen LogP contribution in [-0.2, 0) is 0 Å². The van der Waals surface area contributed by atoms with Gasteiger partial charge in [0.05, 0.1) is 11.7 Å². The monoisotopic (exact) mass is 278 g/mol. The van der Waals surface area contributed by atoms with E-state index in [1.165, 1.54) is 6.20 Å². The number of hydrogen-bond donors (Lipinski definition) is 2. The molecule has 0 saturated carbocycles. The second kappa shape index (κ2) is 5.76. The van der Waals surface area contributed by atoms with Gasteiger partial charge in [-0.2, -0.15) is 0 Å². The molecule has 20 heavy (non-hydrogen) atoms. The summed E-state index contributed by atoms with van der Waals surface area (Å²) >= 11 is 0. The SMILES string of the molecule is Cc1cc(N)c(C(=O)N2CC(O)CC2CN(C)C)cn1. The summed E-state index contributed by atoms with van der Waals surface area (Å²) in [6.07, 6.45) is 1.65. The summed E-state index contributed by atoms with van der Waals surface area (Å²) in [5.41, 5.74) is 7.54. The highest BCUT2D eigenvalue weighted by atomic mass is 16.3. The number of amides is 1. The molecule has 1 aromatic rings. The number of nitrogens with zero attached hydrogens (tertiary/aromatic N) is 3. The molecule has 1 fully saturated rings. The predicted octanol–water partition coefficient (Wildman–Crippen LogP) is 0.109. The molecule has 0 bridgehead atoms. The van der Waals surface area contributed by atoms with Crippen molar-refractivity contribution in [1.82, 2.24) is 14.8 Å². The number of anilines is 1. The van der Waals surface area contributed by atoms with Crippen LogP contribution in [0.1, 0.15) is 22.5 Å². The molecule has 6 nitrogen and oxygen atoms in total. The number of aromatic nitrogens is 1. The molecule has 0 aliphatic carbocycles. The number of aliphatic hydroxyl groups is 1. The number of carbonyl (C=O) groups is 1. The van der Waals surface area contributed by atoms with Crippen LogP contribution in [-0.4, -0.2) is 65.1 Å². The van der Waals surface area contributed by atoms with Gasteiger partial charge in [0.1, 0.15) is 0 Å². The average Bonchev–Trinajstić information content (AvgIpc) is 2.68. The molecule has 0 aromatic carbocycles. The molecule has 1 aliphatic heterocycles. The third-order valence-electron chi connectivity index (χ3n) is 3.53. The summed E-state index contributed by atoms with van der Waals surface area (Å²) in [5.74, 6) is -0.154. The molecule has 1 aliphatic rings. The Morgan fingerprint density at radius 1 is 1.60 bits per heavy atom. The molecule has 6 heteroatoms. The maximum Gasteiger partial charge on any atom is 0.257 e. The largest absolute Gasteiger partial charge is 0.398 e. The molecule has 1 aromatic heterocycles. The summed E-state index contributed by atoms with van der Waals surface area (Å²) in [7, 11) is 3.91. The number of β-amino-alcohol motifs (C(OH)–C–C–N with tert-alkyl or cyclic N) is 1. The van der Waals surface area contributed by atoms with E-state index in [-0.39, 0.29) is 11.9 Å². The van der Waals surface area contributed by atoms with Crippen LogP contribution in [0.5, 0.6) is 0 Å². The van der Waals surface area contributed by atoms with Crippen LogP contribution in [0.2, 0.25) is 0 Å². The zero-order valence-electron chi connectivity index (χ0n) is 12.2. The number of pyridine rings is 1. The van der Waals surface area contributed by atoms with E-state index in [0.717, 1.165) is 12.2 Å². The fourth-order valence-electron chi connectivity index (χ4n) is 2.65. The first-order valence-corrected chi connectivity index (χ1v) is 6.74. The molecule has 2 heterocycles. The lowest BCUT2D eigenvalue weighted by Crippen LogP contribution is -2.41. The van der Waals surface area contributed by atoms with Crippen LogP contribution in [0.25, 0.3) is 0 Å². The van der Waals surface area contributed by atoms with Crippen molar-refractivity contribution in [3.8, 4) is 0 Å². The molecule has 2 atom stereocenters. The number of likely N-dealkylation sites (N-methyl/N-ethyl adjacent to an activating group) is 1. The van der Waals surface area contributed by atoms with Gasteiger partial charge < -0.3 is 20.6 Å². The van der Waals surface area contributed by atoms with Gasteiger partial charge >= 0.3 is 0 Å². The third kappa shape index (κ3) is 3.08. The minimum absolute atomic E-state index is 0.00760. The van der Waals surface area contributed by atoms with Gasteiger partial charge in [0, 0.05) is 36.7 Å². The molecule has 110 valence electrons. The number of nitrogens with two attached hydrogens (primary N) is 1. The van der Waals surface area contributed by atoms with Gasteiger partial charge in [-0.25, -0.2) is 0 Å². The van der Waals surface area contributed by atoms with Crippen molar-refractivity contribution in [3.05, 3.63) is 23.5 Å². The topological polar surface area (TPSA) is 82.7 Å². The highest BCUT2D eigenvalue weighted by molar-refractivity contribution is 5.99. The van der Waals surface area contributed by atoms with Gasteiger partial charge in [-0.05, 0) is 33.5 Å². The molecule has 0 spiro atoms. The Balaban J connectivity index is 2.22. The van der Waals surface area contributed by atoms with Crippen LogP contribution < -0.4 is 5.73 Å². The van der Waals surface area contributed by atoms with Crippen molar-refractivity contribution in [2.45, 2.75) is 25.5 Å². The predicted molar refractivity (Wildman–Crippen MR) is 77.4 cm³/mol. The average molecular weight is 278 g/mol. The van der Waals surface area contributed by atoms with Crippen molar-refractivity contribution in [1.29, 1.82) is 0 Å². The first-order chi connectivity index (χ1) is 9.38. The first-order valence-electron chi connectivity index (χ1n) is 6.74. The van der Waals surface area contributed by atoms with Crippen molar-refractivity contribution < 1.29 is 9.90 Å². The molecular weight excluding hydrogens is 256 g/mol. The maximum absolute atomic E-state index is 12.6. The summed E-state index contributed by atoms with van der Waals surface area (Å²) < 4.78 is 0. The zero-order chi connectivity index (χ0) is 14.9. The Morgan fingerprint density at radius 2 is 2.30 bits per heavy atom. The van der Waals surface area contributed by atoms with Crippen molar-refractivity contribution in [3.63, 3.8) is 0 Å². The van der Waals surface area contributed by atoms with Crippen molar-refractivity contribution in [2.24, 2.45) is 0 Å². The highest BCUT2D eigenvalue weighted by Crippen LogP contribution is 2.23. The van der Waals surface area contributed by atoms with Gasteiger partial charge in [0.15, 0.2) is 0 Å². The molecule has 1 saturated heterocycles. The Bertz CT molecular complexity index is 504. The summed E-state index contributed by atoms with van der Waals surface area (Å²) in [5, 5.41) is 9.83. The second-order valence-electron chi connectivity index (χ2n) is 5.68. The summed E-state index contributed by atoms with van der Waals surface area (Å²) in [6.45, 7) is 2.91. The van der Waals surface area contributed by atoms with Gasteiger partial charge in [0.25, 0.3) is 5.91 Å². The van der Waals surface area contributed by atoms with Crippen LogP contribution in [0.3, 0.4) is 0 Å². The summed E-state index contributed by atoms with van der Waals surface area (Å²) in [6, 6.07) is 1.70. The lowest BCUT2D eigenvalue weighted by atomic mass is 10.1. The number of rotatable bonds is 3. The minimum Gasteiger partial charge on any atom is -0.398 e. The van der Waals surface area contributed by atoms with E-state index in [9.17, 15) is 9.90 Å². The molecular formula is C14H22N4O2. The normalized spacial score (nSPS) is 22.6. The highest BCUT2D eigenvalue weighted by Gasteiger charge is 2.35. The Morgan fingerprint density at radius 3 is 2.90 bits per heavy atom. The smallest absolute Gasteiger partial charge is 0.257 e. The number of nitrogen functional groups attached to an aromatic ring is 1. The zero-order valence-corrected chi connectivity index (χ0v) is 12.2. The molecule has 3 N–H and O–H groups in total. The number of likely N-dealkylation sites (tertiary alicyclic amines) is 1.